The third-order valence-electron chi connectivity index (χ3n) is 4.29. The van der Waals surface area contributed by atoms with Crippen molar-refractivity contribution in [1.82, 2.24) is 24.6 Å². The Morgan fingerprint density at radius 3 is 2.83 bits per heavy atom. The van der Waals surface area contributed by atoms with Crippen molar-refractivity contribution in [3.05, 3.63) is 27.7 Å². The van der Waals surface area contributed by atoms with E-state index in [9.17, 15) is 4.79 Å². The standard InChI is InChI=1S/C17H25N5OS/c1-11(2)8-16-19-15(10-24-16)17(23)21-7-5-6-14(9-21)22-13(4)18-12(3)20-22/h10-11,14H,5-9H2,1-4H3. The van der Waals surface area contributed by atoms with Crippen LogP contribution in [0.15, 0.2) is 5.38 Å². The molecule has 7 heteroatoms. The van der Waals surface area contributed by atoms with E-state index in [1.807, 2.05) is 28.8 Å². The molecule has 24 heavy (non-hydrogen) atoms. The molecular weight excluding hydrogens is 322 g/mol. The summed E-state index contributed by atoms with van der Waals surface area (Å²) in [5.74, 6) is 2.30. The average molecular weight is 347 g/mol. The number of piperidine rings is 1. The highest BCUT2D eigenvalue weighted by molar-refractivity contribution is 7.09. The number of thiazole rings is 1. The Morgan fingerprint density at radius 2 is 2.17 bits per heavy atom. The van der Waals surface area contributed by atoms with Crippen molar-refractivity contribution in [3.8, 4) is 0 Å². The molecule has 130 valence electrons. The maximum atomic E-state index is 12.8. The lowest BCUT2D eigenvalue weighted by Crippen LogP contribution is -2.41. The van der Waals surface area contributed by atoms with Crippen molar-refractivity contribution in [1.29, 1.82) is 0 Å². The number of carbonyl (C=O) groups excluding carboxylic acids is 1. The summed E-state index contributed by atoms with van der Waals surface area (Å²) in [5, 5.41) is 7.43. The zero-order valence-electron chi connectivity index (χ0n) is 14.8. The summed E-state index contributed by atoms with van der Waals surface area (Å²) in [4.78, 5) is 23.6. The lowest BCUT2D eigenvalue weighted by Gasteiger charge is -2.32. The number of hydrogen-bond acceptors (Lipinski definition) is 5. The van der Waals surface area contributed by atoms with Gasteiger partial charge in [0, 0.05) is 24.9 Å². The summed E-state index contributed by atoms with van der Waals surface area (Å²) >= 11 is 1.59. The zero-order chi connectivity index (χ0) is 17.3. The van der Waals surface area contributed by atoms with Crippen molar-refractivity contribution in [2.24, 2.45) is 5.92 Å². The van der Waals surface area contributed by atoms with Gasteiger partial charge in [0.25, 0.3) is 5.91 Å². The molecule has 0 aromatic carbocycles. The van der Waals surface area contributed by atoms with Crippen LogP contribution in [0.3, 0.4) is 0 Å². The number of aromatic nitrogens is 4. The molecular formula is C17H25N5OS. The van der Waals surface area contributed by atoms with Crippen LogP contribution in [0.1, 0.15) is 59.9 Å². The van der Waals surface area contributed by atoms with Gasteiger partial charge in [-0.3, -0.25) is 4.79 Å². The van der Waals surface area contributed by atoms with Crippen LogP contribution in [0.25, 0.3) is 0 Å². The quantitative estimate of drug-likeness (QED) is 0.853. The minimum Gasteiger partial charge on any atom is -0.335 e. The van der Waals surface area contributed by atoms with Gasteiger partial charge in [0.2, 0.25) is 0 Å². The number of aryl methyl sites for hydroxylation is 2. The third-order valence-corrected chi connectivity index (χ3v) is 5.16. The topological polar surface area (TPSA) is 63.9 Å². The van der Waals surface area contributed by atoms with E-state index in [1.54, 1.807) is 11.3 Å². The number of nitrogens with zero attached hydrogens (tertiary/aromatic N) is 5. The van der Waals surface area contributed by atoms with E-state index in [2.05, 4.69) is 28.9 Å². The van der Waals surface area contributed by atoms with E-state index in [4.69, 9.17) is 0 Å². The van der Waals surface area contributed by atoms with Crippen LogP contribution in [0.4, 0.5) is 0 Å². The largest absolute Gasteiger partial charge is 0.335 e. The number of rotatable bonds is 4. The molecule has 1 unspecified atom stereocenters. The molecule has 1 saturated heterocycles. The van der Waals surface area contributed by atoms with Gasteiger partial charge in [-0.1, -0.05) is 13.8 Å². The maximum absolute atomic E-state index is 12.8. The Hall–Kier alpha value is -1.76. The van der Waals surface area contributed by atoms with Gasteiger partial charge >= 0.3 is 0 Å². The van der Waals surface area contributed by atoms with Gasteiger partial charge in [0.05, 0.1) is 11.0 Å². The number of amides is 1. The highest BCUT2D eigenvalue weighted by atomic mass is 32.1. The van der Waals surface area contributed by atoms with E-state index in [0.717, 1.165) is 42.5 Å². The van der Waals surface area contributed by atoms with Crippen molar-refractivity contribution in [3.63, 3.8) is 0 Å². The fourth-order valence-corrected chi connectivity index (χ4v) is 4.22. The summed E-state index contributed by atoms with van der Waals surface area (Å²) in [7, 11) is 0. The van der Waals surface area contributed by atoms with Crippen molar-refractivity contribution in [2.45, 2.75) is 53.0 Å². The van der Waals surface area contributed by atoms with Crippen LogP contribution in [0.5, 0.6) is 0 Å². The van der Waals surface area contributed by atoms with Gasteiger partial charge in [0.15, 0.2) is 0 Å². The number of carbonyl (C=O) groups is 1. The van der Waals surface area contributed by atoms with Crippen molar-refractivity contribution >= 4 is 17.2 Å². The van der Waals surface area contributed by atoms with Crippen LogP contribution >= 0.6 is 11.3 Å². The Labute approximate surface area is 146 Å². The summed E-state index contributed by atoms with van der Waals surface area (Å²) in [5.41, 5.74) is 0.586. The van der Waals surface area contributed by atoms with E-state index in [1.165, 1.54) is 0 Å². The molecule has 3 rings (SSSR count). The molecule has 6 nitrogen and oxygen atoms in total. The third kappa shape index (κ3) is 3.66. The lowest BCUT2D eigenvalue weighted by molar-refractivity contribution is 0.0666. The Balaban J connectivity index is 1.71. The summed E-state index contributed by atoms with van der Waals surface area (Å²) in [6, 6.07) is 0.206. The molecule has 1 amide bonds. The first-order chi connectivity index (χ1) is 11.4. The van der Waals surface area contributed by atoms with Crippen LogP contribution in [-0.4, -0.2) is 43.6 Å². The van der Waals surface area contributed by atoms with Crippen LogP contribution in [-0.2, 0) is 6.42 Å². The van der Waals surface area contributed by atoms with E-state index < -0.39 is 0 Å². The SMILES string of the molecule is Cc1nc(C)n(C2CCCN(C(=O)c3csc(CC(C)C)n3)C2)n1. The van der Waals surface area contributed by atoms with Gasteiger partial charge in [-0.05, 0) is 32.6 Å². The predicted octanol–water partition coefficient (Wildman–Crippen LogP) is 3.03. The molecule has 0 aliphatic carbocycles. The molecule has 2 aromatic heterocycles. The van der Waals surface area contributed by atoms with Gasteiger partial charge < -0.3 is 4.90 Å². The molecule has 0 N–H and O–H groups in total. The van der Waals surface area contributed by atoms with Crippen LogP contribution in [0.2, 0.25) is 0 Å². The van der Waals surface area contributed by atoms with Crippen LogP contribution in [0, 0.1) is 19.8 Å². The first kappa shape index (κ1) is 17.1. The van der Waals surface area contributed by atoms with E-state index in [-0.39, 0.29) is 11.9 Å². The minimum absolute atomic E-state index is 0.0421. The summed E-state index contributed by atoms with van der Waals surface area (Å²) in [6.45, 7) is 9.68. The smallest absolute Gasteiger partial charge is 0.273 e. The predicted molar refractivity (Wildman–Crippen MR) is 94.3 cm³/mol. The monoisotopic (exact) mass is 347 g/mol. The first-order valence-corrected chi connectivity index (χ1v) is 9.45. The Kier molecular flexibility index (Phi) is 4.99. The molecule has 0 radical (unpaired) electrons. The molecule has 1 atom stereocenters. The van der Waals surface area contributed by atoms with E-state index >= 15 is 0 Å². The maximum Gasteiger partial charge on any atom is 0.273 e. The second-order valence-electron chi connectivity index (χ2n) is 6.92. The molecule has 0 spiro atoms. The Morgan fingerprint density at radius 1 is 1.38 bits per heavy atom. The molecule has 1 aliphatic rings. The van der Waals surface area contributed by atoms with Crippen molar-refractivity contribution in [2.75, 3.05) is 13.1 Å². The highest BCUT2D eigenvalue weighted by Gasteiger charge is 2.28. The fraction of sp³-hybridized carbons (Fsp3) is 0.647. The normalized spacial score (nSPS) is 18.4. The minimum atomic E-state index is 0.0421. The molecule has 0 saturated carbocycles. The second-order valence-corrected chi connectivity index (χ2v) is 7.87. The van der Waals surface area contributed by atoms with Crippen molar-refractivity contribution < 1.29 is 4.79 Å². The van der Waals surface area contributed by atoms with Gasteiger partial charge in [0.1, 0.15) is 17.3 Å². The van der Waals surface area contributed by atoms with Gasteiger partial charge in [-0.15, -0.1) is 11.3 Å². The van der Waals surface area contributed by atoms with Gasteiger partial charge in [-0.25, -0.2) is 14.6 Å². The first-order valence-electron chi connectivity index (χ1n) is 8.57. The molecule has 2 aromatic rings. The number of likely N-dealkylation sites (tertiary alicyclic amines) is 1. The zero-order valence-corrected chi connectivity index (χ0v) is 15.6. The Bertz CT molecular complexity index is 720. The average Bonchev–Trinajstić information content (AvgIpc) is 3.12. The molecule has 0 bridgehead atoms. The summed E-state index contributed by atoms with van der Waals surface area (Å²) < 4.78 is 1.97. The fourth-order valence-electron chi connectivity index (χ4n) is 3.23. The summed E-state index contributed by atoms with van der Waals surface area (Å²) in [6.07, 6.45) is 2.94. The number of hydrogen-bond donors (Lipinski definition) is 0. The second kappa shape index (κ2) is 7.01. The molecule has 1 fully saturated rings. The molecule has 1 aliphatic heterocycles. The molecule has 3 heterocycles. The van der Waals surface area contributed by atoms with E-state index in [0.29, 0.717) is 18.2 Å². The van der Waals surface area contributed by atoms with Crippen LogP contribution < -0.4 is 0 Å². The van der Waals surface area contributed by atoms with Gasteiger partial charge in [-0.2, -0.15) is 5.10 Å². The lowest BCUT2D eigenvalue weighted by atomic mass is 10.1. The highest BCUT2D eigenvalue weighted by Crippen LogP contribution is 2.24.